The molecular weight excluding hydrogens is 1270 g/mol. The molecule has 0 aromatic carbocycles. The first-order valence-electron chi connectivity index (χ1n) is 52.3. The van der Waals surface area contributed by atoms with Crippen LogP contribution in [0.2, 0.25) is 0 Å². The highest BCUT2D eigenvalue weighted by Crippen LogP contribution is 2.53. The van der Waals surface area contributed by atoms with Gasteiger partial charge in [-0.3, -0.25) is 0 Å². The molecule has 618 valence electrons. The van der Waals surface area contributed by atoms with Crippen molar-refractivity contribution in [2.24, 2.45) is 142 Å². The Hall–Kier alpha value is 0. The summed E-state index contributed by atoms with van der Waals surface area (Å²) in [6, 6.07) is 0. The van der Waals surface area contributed by atoms with Gasteiger partial charge in [0.1, 0.15) is 0 Å². The van der Waals surface area contributed by atoms with Gasteiger partial charge in [0, 0.05) is 0 Å². The van der Waals surface area contributed by atoms with E-state index in [0.29, 0.717) is 0 Å². The van der Waals surface area contributed by atoms with Crippen LogP contribution in [0.5, 0.6) is 0 Å². The second-order valence-corrected chi connectivity index (χ2v) is 43.2. The summed E-state index contributed by atoms with van der Waals surface area (Å²) in [6.45, 7) is 14.6. The molecule has 10 aliphatic rings. The molecule has 106 heavy (non-hydrogen) atoms. The van der Waals surface area contributed by atoms with Gasteiger partial charge >= 0.3 is 0 Å². The zero-order valence-electron chi connectivity index (χ0n) is 73.6. The van der Waals surface area contributed by atoms with E-state index >= 15 is 0 Å². The second kappa shape index (κ2) is 51.8. The van der Waals surface area contributed by atoms with Crippen molar-refractivity contribution in [3.8, 4) is 0 Å². The zero-order chi connectivity index (χ0) is 73.6. The van der Waals surface area contributed by atoms with Crippen LogP contribution in [0.3, 0.4) is 0 Å². The third-order valence-electron chi connectivity index (χ3n) is 36.3. The minimum atomic E-state index is 1.02. The highest BCUT2D eigenvalue weighted by Gasteiger charge is 2.40. The van der Waals surface area contributed by atoms with Crippen molar-refractivity contribution in [3.05, 3.63) is 0 Å². The molecule has 0 bridgehead atoms. The Bertz CT molecular complexity index is 2090. The standard InChI is InChI=1S/C106H194/c1-7-13-17-18-21-38-87-64-72-93(73-65-87)98-49-30-40-88(78-98)39-22-23-42-90(100-51-32-57-106(80-100)97-76-66-86(67-77-97)37-19-14-8-2)44-26-27-46-92(102-53-34-56-105(82-102)96-74-62-85(63-75-96)36-16-10-4)48-29-28-47-91(101-52-33-55-104(81-101)95-70-60-84(35-11-5)61-71-95)45-25-24-43-89(41-20-15-9-3)99-50-31-54-103(79-99)94-68-58-83(12-6)59-69-94/h83-106H,7-82H2,1-6H3. The number of hydrogen-bond acceptors (Lipinski definition) is 0. The summed E-state index contributed by atoms with van der Waals surface area (Å²) in [5.41, 5.74) is 0. The summed E-state index contributed by atoms with van der Waals surface area (Å²) in [6.07, 6.45) is 118. The predicted octanol–water partition coefficient (Wildman–Crippen LogP) is 35.7. The fourth-order valence-corrected chi connectivity index (χ4v) is 29.4. The highest BCUT2D eigenvalue weighted by molar-refractivity contribution is 4.92. The van der Waals surface area contributed by atoms with Gasteiger partial charge < -0.3 is 0 Å². The zero-order valence-corrected chi connectivity index (χ0v) is 73.6. The molecule has 14 unspecified atom stereocenters. The summed E-state index contributed by atoms with van der Waals surface area (Å²) >= 11 is 0. The van der Waals surface area contributed by atoms with Gasteiger partial charge in [0.05, 0.1) is 0 Å². The van der Waals surface area contributed by atoms with Crippen LogP contribution >= 0.6 is 0 Å². The van der Waals surface area contributed by atoms with Crippen LogP contribution in [-0.2, 0) is 0 Å². The summed E-state index contributed by atoms with van der Waals surface area (Å²) in [7, 11) is 0. The average molecular weight is 1470 g/mol. The lowest BCUT2D eigenvalue weighted by atomic mass is 9.64. The van der Waals surface area contributed by atoms with Crippen molar-refractivity contribution in [1.82, 2.24) is 0 Å². The first-order chi connectivity index (χ1) is 52.3. The molecular formula is C106H194. The summed E-state index contributed by atoms with van der Waals surface area (Å²) < 4.78 is 0. The van der Waals surface area contributed by atoms with Crippen LogP contribution in [0.25, 0.3) is 0 Å². The quantitative estimate of drug-likeness (QED) is 0.0533. The maximum absolute atomic E-state index is 2.47. The minimum absolute atomic E-state index is 1.02. The molecule has 0 saturated heterocycles. The molecule has 0 aromatic rings. The van der Waals surface area contributed by atoms with Crippen LogP contribution in [-0.4, -0.2) is 0 Å². The Kier molecular flexibility index (Phi) is 43.2. The SMILES string of the molecule is CCCCCCCC1CCC(C2CCCC(CCCCC(CCCCC(CCCCC(CCCCC(CCCCC)C3CCCC(C4CCC(CC)CC4)C3)C3CCCC(C4CCC(CCC)CC4)C3)C3CCCC(C4CCC(CCCC)CC4)C3)C3CCCC(C4CCC(CCCCC)CC4)C3)C2)CC1. The molecule has 0 heteroatoms. The van der Waals surface area contributed by atoms with Crippen molar-refractivity contribution in [2.75, 3.05) is 0 Å². The van der Waals surface area contributed by atoms with Crippen molar-refractivity contribution in [3.63, 3.8) is 0 Å². The Balaban J connectivity index is 0.770. The fraction of sp³-hybridized carbons (Fsp3) is 1.00. The Morgan fingerprint density at radius 3 is 0.755 bits per heavy atom. The van der Waals surface area contributed by atoms with Gasteiger partial charge in [-0.2, -0.15) is 0 Å². The minimum Gasteiger partial charge on any atom is -0.0654 e. The molecule has 0 aliphatic heterocycles. The molecule has 14 atom stereocenters. The Morgan fingerprint density at radius 1 is 0.170 bits per heavy atom. The van der Waals surface area contributed by atoms with Crippen molar-refractivity contribution in [2.45, 2.75) is 530 Å². The molecule has 0 radical (unpaired) electrons. The van der Waals surface area contributed by atoms with Gasteiger partial charge in [-0.1, -0.05) is 433 Å². The molecule has 10 saturated carbocycles. The molecule has 0 aromatic heterocycles. The van der Waals surface area contributed by atoms with E-state index in [9.17, 15) is 0 Å². The summed E-state index contributed by atoms with van der Waals surface area (Å²) in [5, 5.41) is 0. The van der Waals surface area contributed by atoms with E-state index in [1.54, 1.807) is 379 Å². The Labute approximate surface area is 667 Å². The predicted molar refractivity (Wildman–Crippen MR) is 469 cm³/mol. The summed E-state index contributed by atoms with van der Waals surface area (Å²) in [5.74, 6) is 25.3. The molecule has 0 amide bonds. The maximum Gasteiger partial charge on any atom is -0.0383 e. The topological polar surface area (TPSA) is 0 Å². The van der Waals surface area contributed by atoms with Crippen LogP contribution in [0, 0.1) is 142 Å². The highest BCUT2D eigenvalue weighted by atomic mass is 14.5. The first-order valence-corrected chi connectivity index (χ1v) is 52.3. The van der Waals surface area contributed by atoms with Gasteiger partial charge in [0.2, 0.25) is 0 Å². The number of rotatable bonds is 49. The van der Waals surface area contributed by atoms with E-state index < -0.39 is 0 Å². The van der Waals surface area contributed by atoms with Crippen LogP contribution in [0.1, 0.15) is 530 Å². The van der Waals surface area contributed by atoms with Crippen LogP contribution < -0.4 is 0 Å². The molecule has 0 nitrogen and oxygen atoms in total. The third kappa shape index (κ3) is 30.6. The lowest BCUT2D eigenvalue weighted by molar-refractivity contribution is 0.0971. The van der Waals surface area contributed by atoms with E-state index in [1.807, 2.05) is 0 Å². The second-order valence-electron chi connectivity index (χ2n) is 43.2. The largest absolute Gasteiger partial charge is 0.0654 e. The maximum atomic E-state index is 2.47. The fourth-order valence-electron chi connectivity index (χ4n) is 29.4. The first kappa shape index (κ1) is 88.4. The van der Waals surface area contributed by atoms with E-state index in [-0.39, 0.29) is 0 Å². The lowest BCUT2D eigenvalue weighted by Gasteiger charge is -2.41. The molecule has 10 aliphatic carbocycles. The van der Waals surface area contributed by atoms with E-state index in [2.05, 4.69) is 41.5 Å². The van der Waals surface area contributed by atoms with Gasteiger partial charge in [0.15, 0.2) is 0 Å². The third-order valence-corrected chi connectivity index (χ3v) is 36.3. The smallest absolute Gasteiger partial charge is 0.0383 e. The van der Waals surface area contributed by atoms with Crippen molar-refractivity contribution < 1.29 is 0 Å². The Morgan fingerprint density at radius 2 is 0.415 bits per heavy atom. The lowest BCUT2D eigenvalue weighted by Crippen LogP contribution is -2.30. The van der Waals surface area contributed by atoms with Gasteiger partial charge in [-0.25, -0.2) is 0 Å². The molecule has 0 heterocycles. The van der Waals surface area contributed by atoms with E-state index in [0.717, 1.165) is 142 Å². The molecule has 0 spiro atoms. The number of hydrogen-bond donors (Lipinski definition) is 0. The molecule has 0 N–H and O–H groups in total. The van der Waals surface area contributed by atoms with Crippen LogP contribution in [0.15, 0.2) is 0 Å². The van der Waals surface area contributed by atoms with Crippen molar-refractivity contribution >= 4 is 0 Å². The summed E-state index contributed by atoms with van der Waals surface area (Å²) in [4.78, 5) is 0. The normalized spacial score (nSPS) is 35.7. The monoisotopic (exact) mass is 1470 g/mol. The van der Waals surface area contributed by atoms with Gasteiger partial charge in [-0.15, -0.1) is 0 Å². The van der Waals surface area contributed by atoms with Gasteiger partial charge in [0.25, 0.3) is 0 Å². The van der Waals surface area contributed by atoms with Gasteiger partial charge in [-0.05, 0) is 238 Å². The van der Waals surface area contributed by atoms with E-state index in [4.69, 9.17) is 0 Å². The average Bonchev–Trinajstić information content (AvgIpc) is 0.860. The molecule has 10 rings (SSSR count). The van der Waals surface area contributed by atoms with E-state index in [1.165, 1.54) is 109 Å². The molecule has 10 fully saturated rings. The van der Waals surface area contributed by atoms with Crippen molar-refractivity contribution in [1.29, 1.82) is 0 Å². The van der Waals surface area contributed by atoms with Crippen LogP contribution in [0.4, 0.5) is 0 Å². The number of unbranched alkanes of at least 4 members (excludes halogenated alkanes) is 13.